The summed E-state index contributed by atoms with van der Waals surface area (Å²) in [5, 5.41) is 16.8. The van der Waals surface area contributed by atoms with E-state index in [1.54, 1.807) is 17.8 Å². The Balaban J connectivity index is 2.32. The number of hydrogen-bond acceptors (Lipinski definition) is 5. The van der Waals surface area contributed by atoms with Crippen LogP contribution < -0.4 is 5.32 Å². The summed E-state index contributed by atoms with van der Waals surface area (Å²) in [4.78, 5) is 40.6. The van der Waals surface area contributed by atoms with Gasteiger partial charge in [0.1, 0.15) is 6.04 Å². The number of hydrogen-bond donors (Lipinski definition) is 2. The van der Waals surface area contributed by atoms with Crippen LogP contribution in [0.3, 0.4) is 0 Å². The monoisotopic (exact) mass is 347 g/mol. The zero-order valence-electron chi connectivity index (χ0n) is 14.6. The van der Waals surface area contributed by atoms with Crippen molar-refractivity contribution in [2.45, 2.75) is 26.8 Å². The van der Waals surface area contributed by atoms with Gasteiger partial charge in [-0.2, -0.15) is 5.10 Å². The Morgan fingerprint density at radius 1 is 1.40 bits per heavy atom. The van der Waals surface area contributed by atoms with Crippen LogP contribution in [0.1, 0.15) is 29.9 Å². The number of pyridine rings is 1. The molecule has 2 rings (SSSR count). The Morgan fingerprint density at radius 3 is 2.68 bits per heavy atom. The number of nitrogens with zero attached hydrogens (tertiary/aromatic N) is 4. The Bertz CT molecular complexity index is 829. The van der Waals surface area contributed by atoms with Gasteiger partial charge in [0.05, 0.1) is 11.3 Å². The van der Waals surface area contributed by atoms with E-state index in [4.69, 9.17) is 0 Å². The summed E-state index contributed by atoms with van der Waals surface area (Å²) in [7, 11) is 1.76. The number of amides is 2. The lowest BCUT2D eigenvalue weighted by Gasteiger charge is -2.26. The van der Waals surface area contributed by atoms with Crippen LogP contribution in [0.15, 0.2) is 12.3 Å². The van der Waals surface area contributed by atoms with Crippen LogP contribution in [-0.4, -0.2) is 61.7 Å². The molecule has 0 aliphatic carbocycles. The van der Waals surface area contributed by atoms with Gasteiger partial charge in [-0.3, -0.25) is 14.3 Å². The van der Waals surface area contributed by atoms with Gasteiger partial charge in [0.2, 0.25) is 5.91 Å². The molecule has 0 radical (unpaired) electrons. The van der Waals surface area contributed by atoms with E-state index in [9.17, 15) is 19.5 Å². The maximum absolute atomic E-state index is 12.8. The molecule has 2 aromatic rings. The predicted octanol–water partition coefficient (Wildman–Crippen LogP) is 0.328. The Labute approximate surface area is 144 Å². The van der Waals surface area contributed by atoms with Gasteiger partial charge in [-0.15, -0.1) is 0 Å². The molecular formula is C16H21N5O4. The fourth-order valence-corrected chi connectivity index (χ4v) is 2.55. The van der Waals surface area contributed by atoms with Gasteiger partial charge in [0.15, 0.2) is 5.65 Å². The van der Waals surface area contributed by atoms with Gasteiger partial charge >= 0.3 is 5.97 Å². The molecule has 25 heavy (non-hydrogen) atoms. The van der Waals surface area contributed by atoms with E-state index in [-0.39, 0.29) is 24.6 Å². The summed E-state index contributed by atoms with van der Waals surface area (Å²) < 4.78 is 1.62. The fraction of sp³-hybridized carbons (Fsp3) is 0.438. The topological polar surface area (TPSA) is 117 Å². The van der Waals surface area contributed by atoms with Gasteiger partial charge in [-0.1, -0.05) is 0 Å². The Morgan fingerprint density at radius 2 is 2.08 bits per heavy atom. The van der Waals surface area contributed by atoms with E-state index >= 15 is 0 Å². The zero-order valence-corrected chi connectivity index (χ0v) is 14.6. The lowest BCUT2D eigenvalue weighted by molar-refractivity contribution is -0.141. The number of carboxylic acid groups (broad SMARTS) is 1. The second-order valence-electron chi connectivity index (χ2n) is 5.80. The molecule has 0 saturated carbocycles. The summed E-state index contributed by atoms with van der Waals surface area (Å²) >= 11 is 0. The first-order chi connectivity index (χ1) is 11.7. The van der Waals surface area contributed by atoms with Crippen molar-refractivity contribution in [3.8, 4) is 0 Å². The van der Waals surface area contributed by atoms with E-state index < -0.39 is 17.9 Å². The maximum Gasteiger partial charge on any atom is 0.326 e. The first-order valence-electron chi connectivity index (χ1n) is 7.80. The van der Waals surface area contributed by atoms with Crippen LogP contribution in [0.2, 0.25) is 0 Å². The Hall–Kier alpha value is -2.97. The molecule has 2 heterocycles. The molecule has 0 aliphatic heterocycles. The Kier molecular flexibility index (Phi) is 5.35. The highest BCUT2D eigenvalue weighted by molar-refractivity contribution is 5.99. The van der Waals surface area contributed by atoms with Gasteiger partial charge in [0, 0.05) is 38.6 Å². The van der Waals surface area contributed by atoms with Crippen molar-refractivity contribution in [2.75, 3.05) is 13.1 Å². The molecule has 1 unspecified atom stereocenters. The molecular weight excluding hydrogens is 326 g/mol. The van der Waals surface area contributed by atoms with Crippen LogP contribution in [0.4, 0.5) is 0 Å². The largest absolute Gasteiger partial charge is 0.480 e. The molecule has 9 nitrogen and oxygen atoms in total. The predicted molar refractivity (Wildman–Crippen MR) is 90.1 cm³/mol. The molecule has 134 valence electrons. The van der Waals surface area contributed by atoms with Crippen LogP contribution in [0.5, 0.6) is 0 Å². The molecule has 0 fully saturated rings. The molecule has 0 spiro atoms. The molecule has 1 atom stereocenters. The molecule has 2 aromatic heterocycles. The minimum absolute atomic E-state index is 0.0793. The SMILES string of the molecule is CC(=O)NCCN(C(=O)c1cnc2c(c1)c(C)nn2C)C(C)C(=O)O. The van der Waals surface area contributed by atoms with Crippen molar-refractivity contribution in [1.29, 1.82) is 0 Å². The van der Waals surface area contributed by atoms with Gasteiger partial charge in [0.25, 0.3) is 5.91 Å². The van der Waals surface area contributed by atoms with Crippen LogP contribution >= 0.6 is 0 Å². The first-order valence-corrected chi connectivity index (χ1v) is 7.80. The third-order valence-electron chi connectivity index (χ3n) is 3.92. The highest BCUT2D eigenvalue weighted by Crippen LogP contribution is 2.18. The van der Waals surface area contributed by atoms with Gasteiger partial charge in [-0.25, -0.2) is 9.78 Å². The van der Waals surface area contributed by atoms with Gasteiger partial charge in [-0.05, 0) is 19.9 Å². The van der Waals surface area contributed by atoms with Gasteiger partial charge < -0.3 is 15.3 Å². The van der Waals surface area contributed by atoms with Crippen molar-refractivity contribution >= 4 is 28.8 Å². The highest BCUT2D eigenvalue weighted by atomic mass is 16.4. The van der Waals surface area contributed by atoms with E-state index in [0.29, 0.717) is 5.65 Å². The number of rotatable bonds is 6. The average Bonchev–Trinajstić information content (AvgIpc) is 2.84. The van der Waals surface area contributed by atoms with Crippen molar-refractivity contribution in [3.05, 3.63) is 23.5 Å². The second kappa shape index (κ2) is 7.29. The quantitative estimate of drug-likeness (QED) is 0.777. The third-order valence-corrected chi connectivity index (χ3v) is 3.92. The number of fused-ring (bicyclic) bond motifs is 1. The molecule has 2 amide bonds. The highest BCUT2D eigenvalue weighted by Gasteiger charge is 2.27. The number of nitrogens with one attached hydrogen (secondary N) is 1. The van der Waals surface area contributed by atoms with Crippen molar-refractivity contribution in [3.63, 3.8) is 0 Å². The molecule has 0 saturated heterocycles. The molecule has 0 aliphatic rings. The number of aryl methyl sites for hydroxylation is 2. The summed E-state index contributed by atoms with van der Waals surface area (Å²) in [6.45, 7) is 4.84. The third kappa shape index (κ3) is 3.93. The van der Waals surface area contributed by atoms with Crippen molar-refractivity contribution in [2.24, 2.45) is 7.05 Å². The summed E-state index contributed by atoms with van der Waals surface area (Å²) in [5.74, 6) is -1.83. The second-order valence-corrected chi connectivity index (χ2v) is 5.80. The van der Waals surface area contributed by atoms with E-state index in [1.165, 1.54) is 24.9 Å². The smallest absolute Gasteiger partial charge is 0.326 e. The lowest BCUT2D eigenvalue weighted by Crippen LogP contribution is -2.46. The maximum atomic E-state index is 12.8. The number of aliphatic carboxylic acids is 1. The van der Waals surface area contributed by atoms with Crippen LogP contribution in [0.25, 0.3) is 11.0 Å². The number of aromatic nitrogens is 3. The summed E-state index contributed by atoms with van der Waals surface area (Å²) in [6, 6.07) is 0.624. The summed E-state index contributed by atoms with van der Waals surface area (Å²) in [6.07, 6.45) is 1.41. The normalized spacial score (nSPS) is 12.0. The minimum atomic E-state index is -1.12. The van der Waals surface area contributed by atoms with Crippen LogP contribution in [-0.2, 0) is 16.6 Å². The standard InChI is InChI=1S/C16H21N5O4/c1-9-13-7-12(8-18-14(13)20(4)19-9)15(23)21(10(2)16(24)25)6-5-17-11(3)22/h7-8,10H,5-6H2,1-4H3,(H,17,22)(H,24,25). The van der Waals surface area contributed by atoms with E-state index in [1.807, 2.05) is 6.92 Å². The average molecular weight is 347 g/mol. The first kappa shape index (κ1) is 18.4. The number of carboxylic acids is 1. The van der Waals surface area contributed by atoms with Crippen LogP contribution in [0, 0.1) is 6.92 Å². The fourth-order valence-electron chi connectivity index (χ4n) is 2.55. The number of carbonyl (C=O) groups is 3. The molecule has 0 aromatic carbocycles. The van der Waals surface area contributed by atoms with Crippen molar-refractivity contribution in [1.82, 2.24) is 25.0 Å². The zero-order chi connectivity index (χ0) is 18.7. The lowest BCUT2D eigenvalue weighted by atomic mass is 10.1. The molecule has 9 heteroatoms. The summed E-state index contributed by atoms with van der Waals surface area (Å²) in [5.41, 5.74) is 1.65. The molecule has 0 bridgehead atoms. The number of carbonyl (C=O) groups excluding carboxylic acids is 2. The minimum Gasteiger partial charge on any atom is -0.480 e. The molecule has 2 N–H and O–H groups in total. The van der Waals surface area contributed by atoms with E-state index in [2.05, 4.69) is 15.4 Å². The van der Waals surface area contributed by atoms with Crippen molar-refractivity contribution < 1.29 is 19.5 Å². The van der Waals surface area contributed by atoms with E-state index in [0.717, 1.165) is 11.1 Å².